The van der Waals surface area contributed by atoms with Crippen LogP contribution in [0.1, 0.15) is 26.4 Å². The predicted molar refractivity (Wildman–Crippen MR) is 68.8 cm³/mol. The van der Waals surface area contributed by atoms with Crippen LogP contribution in [0.25, 0.3) is 0 Å². The molecule has 0 unspecified atom stereocenters. The average molecular weight is 273 g/mol. The summed E-state index contributed by atoms with van der Waals surface area (Å²) >= 11 is 0. The molecule has 1 aromatic carbocycles. The number of aromatic nitrogens is 2. The van der Waals surface area contributed by atoms with E-state index in [1.165, 1.54) is 13.0 Å². The molecule has 102 valence electrons. The van der Waals surface area contributed by atoms with Crippen molar-refractivity contribution in [2.75, 3.05) is 0 Å². The fourth-order valence-corrected chi connectivity index (χ4v) is 1.52. The highest BCUT2D eigenvalue weighted by Crippen LogP contribution is 2.19. The summed E-state index contributed by atoms with van der Waals surface area (Å²) < 4.78 is 5.36. The van der Waals surface area contributed by atoms with Gasteiger partial charge in [0.05, 0.1) is 11.3 Å². The van der Waals surface area contributed by atoms with Crippen LogP contribution in [0, 0.1) is 6.92 Å². The molecule has 0 bridgehead atoms. The van der Waals surface area contributed by atoms with Crippen molar-refractivity contribution >= 4 is 11.9 Å². The third-order valence-corrected chi connectivity index (χ3v) is 2.52. The van der Waals surface area contributed by atoms with Crippen LogP contribution in [0.3, 0.4) is 0 Å². The number of primary amides is 1. The largest absolute Gasteiger partial charge is 0.478 e. The molecule has 0 saturated carbocycles. The van der Waals surface area contributed by atoms with Gasteiger partial charge in [-0.15, -0.1) is 0 Å². The SMILES string of the molecule is Cc1nc(Oc2cccc(C(N)=O)c2)ncc1C(=O)O. The van der Waals surface area contributed by atoms with E-state index in [1.807, 2.05) is 0 Å². The van der Waals surface area contributed by atoms with Gasteiger partial charge in [0.15, 0.2) is 0 Å². The second kappa shape index (κ2) is 5.35. The molecule has 0 saturated heterocycles. The number of rotatable bonds is 4. The Labute approximate surface area is 114 Å². The first kappa shape index (κ1) is 13.5. The van der Waals surface area contributed by atoms with E-state index in [0.717, 1.165) is 6.20 Å². The number of aromatic carboxylic acids is 1. The van der Waals surface area contributed by atoms with Crippen molar-refractivity contribution in [1.82, 2.24) is 9.97 Å². The lowest BCUT2D eigenvalue weighted by atomic mass is 10.2. The van der Waals surface area contributed by atoms with Gasteiger partial charge >= 0.3 is 12.0 Å². The van der Waals surface area contributed by atoms with Crippen molar-refractivity contribution < 1.29 is 19.4 Å². The van der Waals surface area contributed by atoms with Crippen LogP contribution in [0.4, 0.5) is 0 Å². The quantitative estimate of drug-likeness (QED) is 0.869. The Bertz CT molecular complexity index is 685. The van der Waals surface area contributed by atoms with E-state index in [1.54, 1.807) is 18.2 Å². The molecule has 3 N–H and O–H groups in total. The van der Waals surface area contributed by atoms with Crippen LogP contribution < -0.4 is 10.5 Å². The van der Waals surface area contributed by atoms with Crippen molar-refractivity contribution in [2.45, 2.75) is 6.92 Å². The highest BCUT2D eigenvalue weighted by atomic mass is 16.5. The number of nitrogens with zero attached hydrogens (tertiary/aromatic N) is 2. The maximum absolute atomic E-state index is 11.0. The number of hydrogen-bond donors (Lipinski definition) is 2. The van der Waals surface area contributed by atoms with Crippen LogP contribution in [-0.2, 0) is 0 Å². The Hall–Kier alpha value is -2.96. The zero-order valence-electron chi connectivity index (χ0n) is 10.5. The van der Waals surface area contributed by atoms with Crippen molar-refractivity contribution in [1.29, 1.82) is 0 Å². The third-order valence-electron chi connectivity index (χ3n) is 2.52. The van der Waals surface area contributed by atoms with Crippen LogP contribution in [0.2, 0.25) is 0 Å². The van der Waals surface area contributed by atoms with Crippen LogP contribution in [0.15, 0.2) is 30.5 Å². The summed E-state index contributed by atoms with van der Waals surface area (Å²) in [5, 5.41) is 8.87. The van der Waals surface area contributed by atoms with E-state index in [9.17, 15) is 9.59 Å². The lowest BCUT2D eigenvalue weighted by Gasteiger charge is -2.06. The first-order valence-electron chi connectivity index (χ1n) is 5.62. The highest BCUT2D eigenvalue weighted by molar-refractivity contribution is 5.93. The number of carbonyl (C=O) groups excluding carboxylic acids is 1. The number of carboxylic acids is 1. The molecule has 1 amide bonds. The Morgan fingerprint density at radius 1 is 1.35 bits per heavy atom. The molecule has 7 nitrogen and oxygen atoms in total. The standard InChI is InChI=1S/C13H11N3O4/c1-7-10(12(18)19)6-15-13(16-7)20-9-4-2-3-8(5-9)11(14)17/h2-6H,1H3,(H2,14,17)(H,18,19). The Balaban J connectivity index is 2.26. The summed E-state index contributed by atoms with van der Waals surface area (Å²) in [4.78, 5) is 29.6. The number of amides is 1. The molecule has 0 atom stereocenters. The van der Waals surface area contributed by atoms with Gasteiger partial charge in [-0.2, -0.15) is 4.98 Å². The second-order valence-electron chi connectivity index (χ2n) is 3.95. The third kappa shape index (κ3) is 2.89. The predicted octanol–water partition coefficient (Wildman–Crippen LogP) is 1.37. The fraction of sp³-hybridized carbons (Fsp3) is 0.0769. The summed E-state index contributed by atoms with van der Waals surface area (Å²) in [6.07, 6.45) is 1.16. The van der Waals surface area contributed by atoms with Gasteiger partial charge in [0.25, 0.3) is 0 Å². The van der Waals surface area contributed by atoms with Gasteiger partial charge in [-0.1, -0.05) is 6.07 Å². The molecule has 0 fully saturated rings. The molecule has 2 rings (SSSR count). The summed E-state index contributed by atoms with van der Waals surface area (Å²) in [6, 6.07) is 6.21. The molecule has 0 aliphatic rings. The Kier molecular flexibility index (Phi) is 3.60. The molecule has 7 heteroatoms. The molecular formula is C13H11N3O4. The first-order chi connectivity index (χ1) is 9.47. The maximum Gasteiger partial charge on any atom is 0.339 e. The van der Waals surface area contributed by atoms with E-state index < -0.39 is 11.9 Å². The Morgan fingerprint density at radius 3 is 2.70 bits per heavy atom. The zero-order chi connectivity index (χ0) is 14.7. The molecule has 0 spiro atoms. The van der Waals surface area contributed by atoms with E-state index in [2.05, 4.69) is 9.97 Å². The maximum atomic E-state index is 11.0. The number of carbonyl (C=O) groups is 2. The van der Waals surface area contributed by atoms with Gasteiger partial charge in [0.1, 0.15) is 5.75 Å². The minimum Gasteiger partial charge on any atom is -0.478 e. The molecule has 1 aromatic heterocycles. The van der Waals surface area contributed by atoms with Crippen molar-refractivity contribution in [3.05, 3.63) is 47.3 Å². The summed E-state index contributed by atoms with van der Waals surface area (Å²) in [6.45, 7) is 1.54. The molecule has 2 aromatic rings. The van der Waals surface area contributed by atoms with Gasteiger partial charge in [0.2, 0.25) is 5.91 Å². The van der Waals surface area contributed by atoms with Crippen molar-refractivity contribution in [3.8, 4) is 11.8 Å². The minimum atomic E-state index is -1.11. The van der Waals surface area contributed by atoms with E-state index >= 15 is 0 Å². The molecular weight excluding hydrogens is 262 g/mol. The van der Waals surface area contributed by atoms with Crippen LogP contribution >= 0.6 is 0 Å². The number of benzene rings is 1. The van der Waals surface area contributed by atoms with E-state index in [4.69, 9.17) is 15.6 Å². The lowest BCUT2D eigenvalue weighted by molar-refractivity contribution is 0.0694. The summed E-state index contributed by atoms with van der Waals surface area (Å²) in [5.74, 6) is -1.35. The van der Waals surface area contributed by atoms with Gasteiger partial charge in [0, 0.05) is 11.8 Å². The second-order valence-corrected chi connectivity index (χ2v) is 3.95. The number of ether oxygens (including phenoxy) is 1. The minimum absolute atomic E-state index is 0.00300. The molecule has 1 heterocycles. The smallest absolute Gasteiger partial charge is 0.339 e. The van der Waals surface area contributed by atoms with Gasteiger partial charge in [-0.25, -0.2) is 9.78 Å². The average Bonchev–Trinajstić information content (AvgIpc) is 2.38. The van der Waals surface area contributed by atoms with Crippen molar-refractivity contribution in [3.63, 3.8) is 0 Å². The topological polar surface area (TPSA) is 115 Å². The van der Waals surface area contributed by atoms with Gasteiger partial charge < -0.3 is 15.6 Å². The Morgan fingerprint density at radius 2 is 2.10 bits per heavy atom. The molecule has 20 heavy (non-hydrogen) atoms. The molecule has 0 radical (unpaired) electrons. The van der Waals surface area contributed by atoms with Gasteiger partial charge in [-0.3, -0.25) is 4.79 Å². The summed E-state index contributed by atoms with van der Waals surface area (Å²) in [5.41, 5.74) is 5.74. The number of hydrogen-bond acceptors (Lipinski definition) is 5. The summed E-state index contributed by atoms with van der Waals surface area (Å²) in [7, 11) is 0. The van der Waals surface area contributed by atoms with E-state index in [-0.39, 0.29) is 17.3 Å². The molecule has 0 aliphatic heterocycles. The van der Waals surface area contributed by atoms with Crippen molar-refractivity contribution in [2.24, 2.45) is 5.73 Å². The fourth-order valence-electron chi connectivity index (χ4n) is 1.52. The lowest BCUT2D eigenvalue weighted by Crippen LogP contribution is -2.10. The zero-order valence-corrected chi connectivity index (χ0v) is 10.5. The van der Waals surface area contributed by atoms with Crippen LogP contribution in [0.5, 0.6) is 11.8 Å². The van der Waals surface area contributed by atoms with E-state index in [0.29, 0.717) is 11.3 Å². The number of aryl methyl sites for hydroxylation is 1. The van der Waals surface area contributed by atoms with Gasteiger partial charge in [-0.05, 0) is 25.1 Å². The molecule has 0 aliphatic carbocycles. The monoisotopic (exact) mass is 273 g/mol. The first-order valence-corrected chi connectivity index (χ1v) is 5.62. The van der Waals surface area contributed by atoms with Crippen LogP contribution in [-0.4, -0.2) is 27.0 Å². The number of nitrogens with two attached hydrogens (primary N) is 1. The highest BCUT2D eigenvalue weighted by Gasteiger charge is 2.11. The number of carboxylic acid groups (broad SMARTS) is 1. The normalized spacial score (nSPS) is 10.1.